The van der Waals surface area contributed by atoms with Crippen LogP contribution in [0.25, 0.3) is 110 Å². The maximum Gasteiger partial charge on any atom is 0.144 e. The van der Waals surface area contributed by atoms with Crippen LogP contribution in [0.15, 0.2) is 203 Å². The number of hydrogen-bond acceptors (Lipinski definition) is 2. The number of fused-ring (bicyclic) bond motifs is 12. The summed E-state index contributed by atoms with van der Waals surface area (Å²) in [5, 5.41) is 11.4. The van der Waals surface area contributed by atoms with Gasteiger partial charge in [-0.05, 0) is 73.1 Å². The van der Waals surface area contributed by atoms with Crippen molar-refractivity contribution in [2.45, 2.75) is 0 Å². The van der Waals surface area contributed by atoms with Gasteiger partial charge >= 0.3 is 0 Å². The Morgan fingerprint density at radius 3 is 1.46 bits per heavy atom. The molecule has 11 rings (SSSR count). The minimum atomic E-state index is 0.865. The van der Waals surface area contributed by atoms with E-state index < -0.39 is 0 Å². The van der Waals surface area contributed by atoms with Crippen molar-refractivity contribution in [3.63, 3.8) is 0 Å². The molecule has 0 N–H and O–H groups in total. The van der Waals surface area contributed by atoms with Gasteiger partial charge in [-0.15, -0.1) is 0 Å². The van der Waals surface area contributed by atoms with Crippen LogP contribution in [0.3, 0.4) is 0 Å². The Balaban J connectivity index is 1.07. The molecule has 11 aromatic rings. The Labute approximate surface area is 311 Å². The van der Waals surface area contributed by atoms with Crippen LogP contribution in [0.5, 0.6) is 0 Å². The number of rotatable bonds is 3. The molecule has 0 amide bonds. The first kappa shape index (κ1) is 30.5. The lowest BCUT2D eigenvalue weighted by molar-refractivity contribution is 0.668. The van der Waals surface area contributed by atoms with Gasteiger partial charge in [0.15, 0.2) is 0 Å². The Bertz CT molecular complexity index is 3320. The van der Waals surface area contributed by atoms with Crippen LogP contribution in [0.4, 0.5) is 0 Å². The zero-order chi connectivity index (χ0) is 35.6. The maximum atomic E-state index is 6.76. The van der Waals surface area contributed by atoms with E-state index in [9.17, 15) is 0 Å². The van der Waals surface area contributed by atoms with E-state index in [0.29, 0.717) is 0 Å². The molecule has 54 heavy (non-hydrogen) atoms. The average Bonchev–Trinajstić information content (AvgIpc) is 3.81. The van der Waals surface area contributed by atoms with Gasteiger partial charge in [0.2, 0.25) is 0 Å². The first-order valence-corrected chi connectivity index (χ1v) is 18.4. The minimum Gasteiger partial charge on any atom is -0.455 e. The predicted octanol–water partition coefficient (Wildman–Crippen LogP) is 15.1. The lowest BCUT2D eigenvalue weighted by atomic mass is 9.92. The molecule has 0 saturated carbocycles. The molecule has 0 atom stereocenters. The Kier molecular flexibility index (Phi) is 6.90. The summed E-state index contributed by atoms with van der Waals surface area (Å²) in [4.78, 5) is 0. The molecule has 2 heterocycles. The summed E-state index contributed by atoms with van der Waals surface area (Å²) in [7, 11) is 0. The Hall–Kier alpha value is -7.16. The normalized spacial score (nSPS) is 11.7. The molecule has 2 heteroatoms. The van der Waals surface area contributed by atoms with Gasteiger partial charge in [-0.25, -0.2) is 0 Å². The van der Waals surface area contributed by atoms with Crippen molar-refractivity contribution < 1.29 is 8.83 Å². The maximum absolute atomic E-state index is 6.76. The number of furan rings is 2. The van der Waals surface area contributed by atoms with Crippen molar-refractivity contribution >= 4 is 76.2 Å². The van der Waals surface area contributed by atoms with Gasteiger partial charge in [-0.3, -0.25) is 0 Å². The molecular weight excluding hydrogens is 657 g/mol. The minimum absolute atomic E-state index is 0.865. The predicted molar refractivity (Wildman–Crippen MR) is 227 cm³/mol. The van der Waals surface area contributed by atoms with Gasteiger partial charge in [-0.2, -0.15) is 0 Å². The smallest absolute Gasteiger partial charge is 0.144 e. The lowest BCUT2D eigenvalue weighted by Crippen LogP contribution is -1.85. The SMILES string of the molecule is c1cccc(-c2cccc3ccccc23)c2ccccc2c(-c2ccc(-c3ccc4c(c3)oc3c5ccccc5c5oc6ccccc6c5c43)cc2)cc1. The van der Waals surface area contributed by atoms with E-state index in [2.05, 4.69) is 182 Å². The molecule has 9 aromatic carbocycles. The summed E-state index contributed by atoms with van der Waals surface area (Å²) in [6.07, 6.45) is 0. The summed E-state index contributed by atoms with van der Waals surface area (Å²) >= 11 is 0. The molecule has 0 bridgehead atoms. The lowest BCUT2D eigenvalue weighted by Gasteiger charge is -2.11. The molecule has 0 fully saturated rings. The third-order valence-electron chi connectivity index (χ3n) is 10.9. The van der Waals surface area contributed by atoms with Crippen molar-refractivity contribution in [2.24, 2.45) is 0 Å². The zero-order valence-electron chi connectivity index (χ0n) is 29.3. The van der Waals surface area contributed by atoms with Crippen molar-refractivity contribution in [3.8, 4) is 33.4 Å². The van der Waals surface area contributed by atoms with Gasteiger partial charge in [0.25, 0.3) is 0 Å². The molecule has 2 nitrogen and oxygen atoms in total. The molecule has 0 spiro atoms. The summed E-state index contributed by atoms with van der Waals surface area (Å²) in [6.45, 7) is 0. The van der Waals surface area contributed by atoms with Gasteiger partial charge in [0.1, 0.15) is 22.3 Å². The molecule has 0 saturated heterocycles. The first-order chi connectivity index (χ1) is 26.8. The fourth-order valence-electron chi connectivity index (χ4n) is 8.43. The van der Waals surface area contributed by atoms with Crippen molar-refractivity contribution in [1.82, 2.24) is 0 Å². The summed E-state index contributed by atoms with van der Waals surface area (Å²) in [5.74, 6) is 0. The van der Waals surface area contributed by atoms with E-state index in [1.54, 1.807) is 0 Å². The highest BCUT2D eigenvalue weighted by Crippen LogP contribution is 2.45. The quantitative estimate of drug-likeness (QED) is 0.185. The van der Waals surface area contributed by atoms with Crippen LogP contribution >= 0.6 is 0 Å². The van der Waals surface area contributed by atoms with Gasteiger partial charge in [0, 0.05) is 32.3 Å². The fraction of sp³-hybridized carbons (Fsp3) is 0. The van der Waals surface area contributed by atoms with Crippen molar-refractivity contribution in [3.05, 3.63) is 194 Å². The van der Waals surface area contributed by atoms with E-state index in [-0.39, 0.29) is 0 Å². The second-order valence-corrected chi connectivity index (χ2v) is 13.9. The molecule has 2 aromatic heterocycles. The van der Waals surface area contributed by atoms with Crippen LogP contribution in [0.1, 0.15) is 0 Å². The van der Waals surface area contributed by atoms with Crippen LogP contribution in [0, 0.1) is 0 Å². The summed E-state index contributed by atoms with van der Waals surface area (Å²) in [6, 6.07) is 69.1. The first-order valence-electron chi connectivity index (χ1n) is 18.4. The highest BCUT2D eigenvalue weighted by Gasteiger charge is 2.21. The molecule has 0 unspecified atom stereocenters. The third kappa shape index (κ3) is 4.74. The second-order valence-electron chi connectivity index (χ2n) is 13.9. The topological polar surface area (TPSA) is 26.3 Å². The standard InChI is InChI=1S/C52H32O2/c1-2-4-18-41(40-24-13-15-34-14-5-6-17-37(34)40)42-20-8-7-19-39(42)38(16-3-1)35-28-26-33(27-29-35)36-30-31-46-48(32-36)54-52-44-22-10-9-21-43(44)51-49(50(46)52)45-23-11-12-25-47(45)53-51/h1-32H. The monoisotopic (exact) mass is 688 g/mol. The molecule has 0 aliphatic heterocycles. The molecule has 0 aliphatic carbocycles. The highest BCUT2D eigenvalue weighted by molar-refractivity contribution is 6.34. The summed E-state index contributed by atoms with van der Waals surface area (Å²) in [5.41, 5.74) is 10.5. The van der Waals surface area contributed by atoms with Crippen LogP contribution in [0.2, 0.25) is 0 Å². The van der Waals surface area contributed by atoms with E-state index >= 15 is 0 Å². The Morgan fingerprint density at radius 2 is 0.722 bits per heavy atom. The summed E-state index contributed by atoms with van der Waals surface area (Å²) < 4.78 is 13.2. The Morgan fingerprint density at radius 1 is 0.259 bits per heavy atom. The number of benzene rings is 8. The van der Waals surface area contributed by atoms with Crippen molar-refractivity contribution in [2.75, 3.05) is 0 Å². The van der Waals surface area contributed by atoms with Crippen LogP contribution in [-0.4, -0.2) is 0 Å². The van der Waals surface area contributed by atoms with Crippen molar-refractivity contribution in [1.29, 1.82) is 0 Å². The fourth-order valence-corrected chi connectivity index (χ4v) is 8.43. The number of hydrogen-bond donors (Lipinski definition) is 0. The molecule has 252 valence electrons. The van der Waals surface area contributed by atoms with E-state index in [4.69, 9.17) is 8.83 Å². The van der Waals surface area contributed by atoms with Crippen LogP contribution < -0.4 is 0 Å². The van der Waals surface area contributed by atoms with Crippen LogP contribution in [-0.2, 0) is 0 Å². The second kappa shape index (κ2) is 12.2. The highest BCUT2D eigenvalue weighted by atomic mass is 16.3. The van der Waals surface area contributed by atoms with Gasteiger partial charge in [0.05, 0.1) is 0 Å². The molecular formula is C52H32O2. The largest absolute Gasteiger partial charge is 0.455 e. The van der Waals surface area contributed by atoms with E-state index in [0.717, 1.165) is 71.3 Å². The van der Waals surface area contributed by atoms with Gasteiger partial charge in [-0.1, -0.05) is 176 Å². The van der Waals surface area contributed by atoms with E-state index in [1.165, 1.54) is 38.2 Å². The van der Waals surface area contributed by atoms with E-state index in [1.807, 2.05) is 12.1 Å². The molecule has 0 aliphatic rings. The average molecular weight is 689 g/mol. The third-order valence-corrected chi connectivity index (χ3v) is 10.9. The molecule has 0 radical (unpaired) electrons. The number of para-hydroxylation sites is 1. The van der Waals surface area contributed by atoms with Gasteiger partial charge < -0.3 is 8.83 Å². The zero-order valence-corrected chi connectivity index (χ0v) is 29.3.